The second-order valence-corrected chi connectivity index (χ2v) is 3.91. The number of ether oxygens (including phenoxy) is 2. The van der Waals surface area contributed by atoms with E-state index < -0.39 is 6.61 Å². The lowest BCUT2D eigenvalue weighted by Crippen LogP contribution is -2.37. The van der Waals surface area contributed by atoms with Crippen LogP contribution in [0.15, 0.2) is 24.3 Å². The number of nitrogens with one attached hydrogen (secondary N) is 1. The van der Waals surface area contributed by atoms with Gasteiger partial charge < -0.3 is 14.8 Å². The van der Waals surface area contributed by atoms with Gasteiger partial charge in [0.25, 0.3) is 0 Å². The lowest BCUT2D eigenvalue weighted by Gasteiger charge is -2.24. The molecule has 1 atom stereocenters. The largest absolute Gasteiger partial charge is 0.485 e. The third kappa shape index (κ3) is 3.56. The molecule has 5 heteroatoms. The maximum absolute atomic E-state index is 12.2. The Kier molecular flexibility index (Phi) is 4.14. The molecule has 2 rings (SSSR count). The van der Waals surface area contributed by atoms with E-state index in [1.165, 1.54) is 6.07 Å². The molecular formula is C12H15F2NO2. The van der Waals surface area contributed by atoms with Crippen LogP contribution in [0.25, 0.3) is 0 Å². The first-order chi connectivity index (χ1) is 8.25. The van der Waals surface area contributed by atoms with E-state index in [0.717, 1.165) is 25.9 Å². The van der Waals surface area contributed by atoms with Crippen molar-refractivity contribution in [3.05, 3.63) is 24.3 Å². The summed E-state index contributed by atoms with van der Waals surface area (Å²) in [4.78, 5) is 0. The Morgan fingerprint density at radius 3 is 2.65 bits per heavy atom. The summed E-state index contributed by atoms with van der Waals surface area (Å²) < 4.78 is 34.5. The van der Waals surface area contributed by atoms with Crippen molar-refractivity contribution in [3.63, 3.8) is 0 Å². The van der Waals surface area contributed by atoms with Crippen LogP contribution < -0.4 is 14.8 Å². The number of piperidine rings is 1. The van der Waals surface area contributed by atoms with Crippen LogP contribution in [0.1, 0.15) is 12.8 Å². The van der Waals surface area contributed by atoms with Crippen molar-refractivity contribution < 1.29 is 18.3 Å². The van der Waals surface area contributed by atoms with Gasteiger partial charge in [0.15, 0.2) is 11.5 Å². The van der Waals surface area contributed by atoms with Gasteiger partial charge in [-0.15, -0.1) is 0 Å². The molecular weight excluding hydrogens is 228 g/mol. The summed E-state index contributed by atoms with van der Waals surface area (Å²) >= 11 is 0. The van der Waals surface area contributed by atoms with Gasteiger partial charge in [-0.05, 0) is 31.5 Å². The summed E-state index contributed by atoms with van der Waals surface area (Å²) in [5, 5.41) is 3.20. The summed E-state index contributed by atoms with van der Waals surface area (Å²) in [6.07, 6.45) is 1.98. The minimum absolute atomic E-state index is 0.0196. The predicted octanol–water partition coefficient (Wildman–Crippen LogP) is 2.42. The summed E-state index contributed by atoms with van der Waals surface area (Å²) in [5.41, 5.74) is 0. The van der Waals surface area contributed by atoms with Gasteiger partial charge in [0.1, 0.15) is 6.10 Å². The molecule has 0 aliphatic carbocycles. The van der Waals surface area contributed by atoms with Crippen molar-refractivity contribution in [2.75, 3.05) is 13.1 Å². The first kappa shape index (κ1) is 12.1. The van der Waals surface area contributed by atoms with E-state index in [0.29, 0.717) is 5.75 Å². The normalized spacial score (nSPS) is 20.3. The van der Waals surface area contributed by atoms with E-state index in [1.54, 1.807) is 18.2 Å². The SMILES string of the molecule is FC(F)Oc1ccccc1OC1CCCNC1. The van der Waals surface area contributed by atoms with Gasteiger partial charge in [-0.2, -0.15) is 8.78 Å². The fraction of sp³-hybridized carbons (Fsp3) is 0.500. The molecule has 1 aliphatic rings. The lowest BCUT2D eigenvalue weighted by atomic mass is 10.1. The molecule has 1 aromatic carbocycles. The molecule has 94 valence electrons. The number of hydrogen-bond donors (Lipinski definition) is 1. The highest BCUT2D eigenvalue weighted by molar-refractivity contribution is 5.39. The van der Waals surface area contributed by atoms with Gasteiger partial charge in [-0.1, -0.05) is 12.1 Å². The lowest BCUT2D eigenvalue weighted by molar-refractivity contribution is -0.0522. The summed E-state index contributed by atoms with van der Waals surface area (Å²) in [7, 11) is 0. The second-order valence-electron chi connectivity index (χ2n) is 3.91. The predicted molar refractivity (Wildman–Crippen MR) is 59.6 cm³/mol. The number of alkyl halides is 2. The zero-order chi connectivity index (χ0) is 12.1. The van der Waals surface area contributed by atoms with E-state index in [-0.39, 0.29) is 11.9 Å². The van der Waals surface area contributed by atoms with E-state index in [4.69, 9.17) is 4.74 Å². The Hall–Kier alpha value is -1.36. The fourth-order valence-corrected chi connectivity index (χ4v) is 1.84. The van der Waals surface area contributed by atoms with Crippen LogP contribution in [0.4, 0.5) is 8.78 Å². The van der Waals surface area contributed by atoms with Crippen molar-refractivity contribution >= 4 is 0 Å². The van der Waals surface area contributed by atoms with Crippen LogP contribution in [0.2, 0.25) is 0 Å². The van der Waals surface area contributed by atoms with Crippen molar-refractivity contribution in [2.24, 2.45) is 0 Å². The van der Waals surface area contributed by atoms with E-state index in [1.807, 2.05) is 0 Å². The topological polar surface area (TPSA) is 30.5 Å². The van der Waals surface area contributed by atoms with Gasteiger partial charge in [0.2, 0.25) is 0 Å². The molecule has 1 saturated heterocycles. The second kappa shape index (κ2) is 5.82. The molecule has 0 saturated carbocycles. The number of halogens is 2. The molecule has 1 unspecified atom stereocenters. The van der Waals surface area contributed by atoms with Crippen molar-refractivity contribution in [3.8, 4) is 11.5 Å². The maximum Gasteiger partial charge on any atom is 0.387 e. The molecule has 0 bridgehead atoms. The Morgan fingerprint density at radius 1 is 1.24 bits per heavy atom. The molecule has 1 N–H and O–H groups in total. The van der Waals surface area contributed by atoms with Gasteiger partial charge in [0.05, 0.1) is 0 Å². The first-order valence-corrected chi connectivity index (χ1v) is 5.67. The smallest absolute Gasteiger partial charge is 0.387 e. The number of benzene rings is 1. The van der Waals surface area contributed by atoms with Crippen LogP contribution in [0, 0.1) is 0 Å². The zero-order valence-electron chi connectivity index (χ0n) is 9.36. The van der Waals surface area contributed by atoms with E-state index >= 15 is 0 Å². The highest BCUT2D eigenvalue weighted by Crippen LogP contribution is 2.29. The molecule has 17 heavy (non-hydrogen) atoms. The maximum atomic E-state index is 12.2. The minimum Gasteiger partial charge on any atom is -0.485 e. The molecule has 0 aromatic heterocycles. The molecule has 0 amide bonds. The highest BCUT2D eigenvalue weighted by Gasteiger charge is 2.17. The summed E-state index contributed by atoms with van der Waals surface area (Å²) in [5.74, 6) is 0.467. The third-order valence-corrected chi connectivity index (χ3v) is 2.61. The van der Waals surface area contributed by atoms with Crippen LogP contribution >= 0.6 is 0 Å². The molecule has 1 fully saturated rings. The number of hydrogen-bond acceptors (Lipinski definition) is 3. The third-order valence-electron chi connectivity index (χ3n) is 2.61. The average molecular weight is 243 g/mol. The average Bonchev–Trinajstić information content (AvgIpc) is 2.32. The quantitative estimate of drug-likeness (QED) is 0.881. The van der Waals surface area contributed by atoms with Crippen molar-refractivity contribution in [1.29, 1.82) is 0 Å². The molecule has 0 spiro atoms. The summed E-state index contributed by atoms with van der Waals surface area (Å²) in [6.45, 7) is -1.11. The molecule has 1 aliphatic heterocycles. The Balaban J connectivity index is 2.03. The zero-order valence-corrected chi connectivity index (χ0v) is 9.36. The van der Waals surface area contributed by atoms with Crippen LogP contribution in [-0.2, 0) is 0 Å². The first-order valence-electron chi connectivity index (χ1n) is 5.67. The standard InChI is InChI=1S/C12H15F2NO2/c13-12(14)17-11-6-2-1-5-10(11)16-9-4-3-7-15-8-9/h1-2,5-6,9,12,15H,3-4,7-8H2. The van der Waals surface area contributed by atoms with Gasteiger partial charge in [-0.25, -0.2) is 0 Å². The van der Waals surface area contributed by atoms with Crippen molar-refractivity contribution in [2.45, 2.75) is 25.6 Å². The monoisotopic (exact) mass is 243 g/mol. The highest BCUT2D eigenvalue weighted by atomic mass is 19.3. The molecule has 0 radical (unpaired) electrons. The summed E-state index contributed by atoms with van der Waals surface area (Å²) in [6, 6.07) is 6.51. The van der Waals surface area contributed by atoms with Crippen LogP contribution in [0.3, 0.4) is 0 Å². The Labute approximate surface area is 98.7 Å². The Morgan fingerprint density at radius 2 is 2.00 bits per heavy atom. The molecule has 1 heterocycles. The van der Waals surface area contributed by atoms with Crippen LogP contribution in [-0.4, -0.2) is 25.8 Å². The van der Waals surface area contributed by atoms with Crippen LogP contribution in [0.5, 0.6) is 11.5 Å². The Bertz CT molecular complexity index is 354. The number of para-hydroxylation sites is 2. The van der Waals surface area contributed by atoms with Gasteiger partial charge in [0, 0.05) is 6.54 Å². The fourth-order valence-electron chi connectivity index (χ4n) is 1.84. The molecule has 1 aromatic rings. The van der Waals surface area contributed by atoms with Crippen molar-refractivity contribution in [1.82, 2.24) is 5.32 Å². The van der Waals surface area contributed by atoms with Gasteiger partial charge >= 0.3 is 6.61 Å². The minimum atomic E-state index is -2.83. The molecule has 3 nitrogen and oxygen atoms in total. The van der Waals surface area contributed by atoms with Gasteiger partial charge in [-0.3, -0.25) is 0 Å². The van der Waals surface area contributed by atoms with E-state index in [2.05, 4.69) is 10.1 Å². The van der Waals surface area contributed by atoms with E-state index in [9.17, 15) is 8.78 Å². The number of rotatable bonds is 4.